The molecule has 0 amide bonds. The van der Waals surface area contributed by atoms with Crippen LogP contribution in [0.15, 0.2) is 30.3 Å². The third-order valence-electron chi connectivity index (χ3n) is 4.23. The number of nitrogens with zero attached hydrogens (tertiary/aromatic N) is 1. The molecule has 0 aliphatic heterocycles. The maximum Gasteiger partial charge on any atom is 0.165 e. The first-order valence-corrected chi connectivity index (χ1v) is 7.70. The molecule has 1 heterocycles. The zero-order valence-corrected chi connectivity index (χ0v) is 13.5. The largest absolute Gasteiger partial charge is 0.344 e. The number of aromatic nitrogens is 1. The van der Waals surface area contributed by atoms with E-state index in [-0.39, 0.29) is 11.2 Å². The Morgan fingerprint density at radius 1 is 1.24 bits per heavy atom. The van der Waals surface area contributed by atoms with E-state index in [9.17, 15) is 4.79 Å². The zero-order valence-electron chi connectivity index (χ0n) is 12.7. The summed E-state index contributed by atoms with van der Waals surface area (Å²) in [7, 11) is 0. The van der Waals surface area contributed by atoms with Crippen LogP contribution in [-0.4, -0.2) is 10.4 Å². The van der Waals surface area contributed by atoms with Gasteiger partial charge in [-0.05, 0) is 42.5 Å². The van der Waals surface area contributed by atoms with E-state index in [1.54, 1.807) is 0 Å². The van der Waals surface area contributed by atoms with Crippen LogP contribution in [0.3, 0.4) is 0 Å². The molecule has 0 bridgehead atoms. The van der Waals surface area contributed by atoms with Crippen LogP contribution in [0.1, 0.15) is 47.6 Å². The van der Waals surface area contributed by atoms with E-state index in [4.69, 9.17) is 11.6 Å². The number of ketones is 1. The van der Waals surface area contributed by atoms with Gasteiger partial charge in [-0.2, -0.15) is 0 Å². The van der Waals surface area contributed by atoms with Gasteiger partial charge in [0.15, 0.2) is 5.78 Å². The predicted octanol–water partition coefficient (Wildman–Crippen LogP) is 4.65. The number of rotatable bonds is 2. The van der Waals surface area contributed by atoms with Crippen molar-refractivity contribution in [1.29, 1.82) is 0 Å². The first-order valence-electron chi connectivity index (χ1n) is 7.32. The summed E-state index contributed by atoms with van der Waals surface area (Å²) in [4.78, 5) is 12.3. The number of hydrogen-bond donors (Lipinski definition) is 0. The lowest BCUT2D eigenvalue weighted by Crippen LogP contribution is -2.28. The SMILES string of the molecule is Cc1cc2c(n1Cc1cccc(Cl)c1)CC(C)(C)CC2=O. The molecule has 1 aromatic carbocycles. The normalized spacial score (nSPS) is 16.9. The number of hydrogen-bond acceptors (Lipinski definition) is 1. The Morgan fingerprint density at radius 3 is 2.71 bits per heavy atom. The van der Waals surface area contributed by atoms with E-state index in [1.165, 1.54) is 11.3 Å². The highest BCUT2D eigenvalue weighted by Crippen LogP contribution is 2.36. The standard InChI is InChI=1S/C18H20ClNO/c1-12-7-15-16(9-18(2,3)10-17(15)21)20(12)11-13-5-4-6-14(19)8-13/h4-8H,9-11H2,1-3H3. The number of carbonyl (C=O) groups excluding carboxylic acids is 1. The predicted molar refractivity (Wildman–Crippen MR) is 86.2 cm³/mol. The number of Topliss-reactive ketones (excluding diaryl/α,β-unsaturated/α-hetero) is 1. The Morgan fingerprint density at radius 2 is 2.00 bits per heavy atom. The van der Waals surface area contributed by atoms with Crippen LogP contribution < -0.4 is 0 Å². The molecule has 0 atom stereocenters. The summed E-state index contributed by atoms with van der Waals surface area (Å²) >= 11 is 6.07. The molecule has 21 heavy (non-hydrogen) atoms. The molecule has 2 aromatic rings. The van der Waals surface area contributed by atoms with Gasteiger partial charge in [0, 0.05) is 34.9 Å². The lowest BCUT2D eigenvalue weighted by Gasteiger charge is -2.30. The maximum atomic E-state index is 12.3. The molecular formula is C18H20ClNO. The van der Waals surface area contributed by atoms with Gasteiger partial charge < -0.3 is 4.57 Å². The molecule has 2 nitrogen and oxygen atoms in total. The Hall–Kier alpha value is -1.54. The Balaban J connectivity index is 2.02. The number of benzene rings is 1. The monoisotopic (exact) mass is 301 g/mol. The van der Waals surface area contributed by atoms with Crippen LogP contribution in [0.2, 0.25) is 5.02 Å². The molecule has 0 unspecified atom stereocenters. The number of fused-ring (bicyclic) bond motifs is 1. The van der Waals surface area contributed by atoms with E-state index < -0.39 is 0 Å². The quantitative estimate of drug-likeness (QED) is 0.791. The van der Waals surface area contributed by atoms with Crippen molar-refractivity contribution in [1.82, 2.24) is 4.57 Å². The third-order valence-corrected chi connectivity index (χ3v) is 4.47. The van der Waals surface area contributed by atoms with Crippen molar-refractivity contribution in [3.05, 3.63) is 57.9 Å². The maximum absolute atomic E-state index is 12.3. The average molecular weight is 302 g/mol. The Labute approximate surface area is 130 Å². The van der Waals surface area contributed by atoms with Crippen molar-refractivity contribution in [2.75, 3.05) is 0 Å². The van der Waals surface area contributed by atoms with Gasteiger partial charge in [-0.3, -0.25) is 4.79 Å². The van der Waals surface area contributed by atoms with Gasteiger partial charge in [-0.25, -0.2) is 0 Å². The smallest absolute Gasteiger partial charge is 0.165 e. The Kier molecular flexibility index (Phi) is 3.45. The summed E-state index contributed by atoms with van der Waals surface area (Å²) < 4.78 is 2.26. The van der Waals surface area contributed by atoms with Gasteiger partial charge in [0.25, 0.3) is 0 Å². The Bertz CT molecular complexity index is 712. The molecule has 1 aliphatic rings. The number of aryl methyl sites for hydroxylation is 1. The van der Waals surface area contributed by atoms with Crippen LogP contribution in [0.5, 0.6) is 0 Å². The molecule has 0 N–H and O–H groups in total. The van der Waals surface area contributed by atoms with E-state index in [0.29, 0.717) is 6.42 Å². The van der Waals surface area contributed by atoms with Crippen LogP contribution >= 0.6 is 11.6 Å². The topological polar surface area (TPSA) is 22.0 Å². The first kappa shape index (κ1) is 14.4. The van der Waals surface area contributed by atoms with E-state index in [0.717, 1.165) is 29.2 Å². The lowest BCUT2D eigenvalue weighted by atomic mass is 9.76. The van der Waals surface area contributed by atoms with Gasteiger partial charge in [-0.1, -0.05) is 37.6 Å². The van der Waals surface area contributed by atoms with Crippen LogP contribution in [0.25, 0.3) is 0 Å². The summed E-state index contributed by atoms with van der Waals surface area (Å²) in [6, 6.07) is 9.96. The molecule has 3 rings (SSSR count). The van der Waals surface area contributed by atoms with E-state index in [1.807, 2.05) is 24.3 Å². The van der Waals surface area contributed by atoms with Crippen molar-refractivity contribution < 1.29 is 4.79 Å². The highest BCUT2D eigenvalue weighted by Gasteiger charge is 2.33. The van der Waals surface area contributed by atoms with Crippen molar-refractivity contribution in [3.63, 3.8) is 0 Å². The second kappa shape index (κ2) is 5.03. The summed E-state index contributed by atoms with van der Waals surface area (Å²) in [5, 5.41) is 0.752. The van der Waals surface area contributed by atoms with Gasteiger partial charge in [0.1, 0.15) is 0 Å². The highest BCUT2D eigenvalue weighted by molar-refractivity contribution is 6.30. The minimum Gasteiger partial charge on any atom is -0.344 e. The molecule has 0 fully saturated rings. The van der Waals surface area contributed by atoms with Crippen LogP contribution in [0, 0.1) is 12.3 Å². The fourth-order valence-corrected chi connectivity index (χ4v) is 3.46. The summed E-state index contributed by atoms with van der Waals surface area (Å²) in [5.41, 5.74) is 4.44. The lowest BCUT2D eigenvalue weighted by molar-refractivity contribution is 0.0910. The average Bonchev–Trinajstić information content (AvgIpc) is 2.66. The van der Waals surface area contributed by atoms with Crippen molar-refractivity contribution in [3.8, 4) is 0 Å². The fourth-order valence-electron chi connectivity index (χ4n) is 3.24. The molecule has 110 valence electrons. The van der Waals surface area contributed by atoms with Crippen molar-refractivity contribution >= 4 is 17.4 Å². The first-order chi connectivity index (χ1) is 9.85. The second-order valence-corrected chi connectivity index (χ2v) is 7.24. The second-order valence-electron chi connectivity index (χ2n) is 6.80. The molecule has 0 saturated carbocycles. The highest BCUT2D eigenvalue weighted by atomic mass is 35.5. The van der Waals surface area contributed by atoms with E-state index >= 15 is 0 Å². The van der Waals surface area contributed by atoms with Gasteiger partial charge in [0.05, 0.1) is 0 Å². The fraction of sp³-hybridized carbons (Fsp3) is 0.389. The van der Waals surface area contributed by atoms with Crippen LogP contribution in [0.4, 0.5) is 0 Å². The van der Waals surface area contributed by atoms with Crippen molar-refractivity contribution in [2.45, 2.75) is 40.2 Å². The summed E-state index contributed by atoms with van der Waals surface area (Å²) in [6.45, 7) is 7.17. The molecule has 1 aromatic heterocycles. The van der Waals surface area contributed by atoms with Gasteiger partial charge in [-0.15, -0.1) is 0 Å². The minimum absolute atomic E-state index is 0.0426. The minimum atomic E-state index is 0.0426. The molecule has 0 saturated heterocycles. The summed E-state index contributed by atoms with van der Waals surface area (Å²) in [5.74, 6) is 0.272. The number of carbonyl (C=O) groups is 1. The number of halogens is 1. The van der Waals surface area contributed by atoms with E-state index in [2.05, 4.69) is 31.4 Å². The molecule has 0 spiro atoms. The van der Waals surface area contributed by atoms with Gasteiger partial charge in [0.2, 0.25) is 0 Å². The summed E-state index contributed by atoms with van der Waals surface area (Å²) in [6.07, 6.45) is 1.59. The third kappa shape index (κ3) is 2.77. The molecular weight excluding hydrogens is 282 g/mol. The van der Waals surface area contributed by atoms with Crippen LogP contribution in [-0.2, 0) is 13.0 Å². The molecule has 1 aliphatic carbocycles. The molecule has 3 heteroatoms. The van der Waals surface area contributed by atoms with Crippen molar-refractivity contribution in [2.24, 2.45) is 5.41 Å². The van der Waals surface area contributed by atoms with Gasteiger partial charge >= 0.3 is 0 Å². The molecule has 0 radical (unpaired) electrons. The zero-order chi connectivity index (χ0) is 15.2.